The summed E-state index contributed by atoms with van der Waals surface area (Å²) in [7, 11) is 0. The Bertz CT molecular complexity index is 1160. The number of nitrogens with one attached hydrogen (secondary N) is 1. The van der Waals surface area contributed by atoms with E-state index >= 15 is 0 Å². The molecule has 2 aliphatic rings. The van der Waals surface area contributed by atoms with Crippen LogP contribution in [0.2, 0.25) is 0 Å². The van der Waals surface area contributed by atoms with Gasteiger partial charge in [-0.1, -0.05) is 26.8 Å². The molecule has 0 aliphatic carbocycles. The summed E-state index contributed by atoms with van der Waals surface area (Å²) in [6.07, 6.45) is 5.85. The molecule has 5 nitrogen and oxygen atoms in total. The Labute approximate surface area is 184 Å². The molecule has 7 heteroatoms. The SMILES string of the molecule is CC1=NC(c2c(-c3ccc(F)cc3)nc3n2C(CNc2ccccn2)CC3)=CC=I1. The molecular formula is C23H21FIN5. The summed E-state index contributed by atoms with van der Waals surface area (Å²) in [6, 6.07) is 12.7. The first-order chi connectivity index (χ1) is 14.7. The second-order valence-corrected chi connectivity index (χ2v) is 10.2. The topological polar surface area (TPSA) is 55.1 Å². The summed E-state index contributed by atoms with van der Waals surface area (Å²) in [5.74, 6) is 1.69. The molecule has 152 valence electrons. The van der Waals surface area contributed by atoms with Gasteiger partial charge in [0.1, 0.15) is 17.5 Å². The van der Waals surface area contributed by atoms with Crippen molar-refractivity contribution >= 4 is 40.0 Å². The van der Waals surface area contributed by atoms with Crippen LogP contribution in [0.25, 0.3) is 17.0 Å². The molecular weight excluding hydrogens is 492 g/mol. The number of aromatic nitrogens is 3. The summed E-state index contributed by atoms with van der Waals surface area (Å²) in [4.78, 5) is 14.2. The molecule has 0 saturated carbocycles. The molecule has 3 aromatic rings. The van der Waals surface area contributed by atoms with Crippen LogP contribution >= 0.6 is 20.7 Å². The highest BCUT2D eigenvalue weighted by atomic mass is 127. The third-order valence-electron chi connectivity index (χ3n) is 5.31. The first-order valence-electron chi connectivity index (χ1n) is 9.93. The van der Waals surface area contributed by atoms with E-state index < -0.39 is 0 Å². The second-order valence-electron chi connectivity index (χ2n) is 7.29. The Hall–Kier alpha value is -2.68. The standard InChI is InChI=1S/C23H21FIN5/c1-15-25-12-11-19(28-15)23-22(16-5-7-17(24)8-6-16)29-21-10-9-18(30(21)23)14-27-20-4-2-3-13-26-20/h2-8,11-13,18H,9-10,14H2,1H3,(H,26,27). The zero-order valence-electron chi connectivity index (χ0n) is 16.5. The minimum Gasteiger partial charge on any atom is -0.368 e. The number of fused-ring (bicyclic) bond motifs is 1. The summed E-state index contributed by atoms with van der Waals surface area (Å²) >= 11 is -0.129. The first-order valence-corrected chi connectivity index (χ1v) is 12.3. The van der Waals surface area contributed by atoms with Crippen molar-refractivity contribution in [1.82, 2.24) is 14.5 Å². The van der Waals surface area contributed by atoms with E-state index in [-0.39, 0.29) is 32.6 Å². The van der Waals surface area contributed by atoms with E-state index in [4.69, 9.17) is 9.98 Å². The highest BCUT2D eigenvalue weighted by molar-refractivity contribution is 14.2. The van der Waals surface area contributed by atoms with Crippen molar-refractivity contribution in [2.75, 3.05) is 11.9 Å². The molecule has 2 aromatic heterocycles. The Morgan fingerprint density at radius 3 is 2.83 bits per heavy atom. The number of anilines is 1. The zero-order chi connectivity index (χ0) is 20.5. The number of imidazole rings is 1. The predicted octanol–water partition coefficient (Wildman–Crippen LogP) is 5.23. The van der Waals surface area contributed by atoms with Crippen molar-refractivity contribution in [3.63, 3.8) is 0 Å². The van der Waals surface area contributed by atoms with Gasteiger partial charge in [0.2, 0.25) is 0 Å². The van der Waals surface area contributed by atoms with E-state index in [2.05, 4.69) is 31.9 Å². The molecule has 2 aliphatic heterocycles. The maximum atomic E-state index is 13.5. The Kier molecular flexibility index (Phi) is 5.28. The first kappa shape index (κ1) is 19.3. The van der Waals surface area contributed by atoms with E-state index in [9.17, 15) is 4.39 Å². The fourth-order valence-corrected chi connectivity index (χ4v) is 5.39. The van der Waals surface area contributed by atoms with Crippen LogP contribution < -0.4 is 5.32 Å². The molecule has 0 radical (unpaired) electrons. The lowest BCUT2D eigenvalue weighted by atomic mass is 10.1. The quantitative estimate of drug-likeness (QED) is 0.476. The maximum absolute atomic E-state index is 13.5. The smallest absolute Gasteiger partial charge is 0.125 e. The molecule has 0 bridgehead atoms. The van der Waals surface area contributed by atoms with Crippen molar-refractivity contribution in [2.45, 2.75) is 25.8 Å². The number of aryl methyl sites for hydroxylation is 1. The third-order valence-corrected chi connectivity index (χ3v) is 7.17. The molecule has 0 spiro atoms. The number of pyridine rings is 1. The molecule has 30 heavy (non-hydrogen) atoms. The molecule has 0 fully saturated rings. The van der Waals surface area contributed by atoms with Crippen molar-refractivity contribution in [3.05, 3.63) is 72.1 Å². The predicted molar refractivity (Wildman–Crippen MR) is 129 cm³/mol. The van der Waals surface area contributed by atoms with Crippen LogP contribution in [-0.4, -0.2) is 28.8 Å². The van der Waals surface area contributed by atoms with Gasteiger partial charge >= 0.3 is 0 Å². The normalized spacial score (nSPS) is 17.7. The van der Waals surface area contributed by atoms with Gasteiger partial charge in [0.15, 0.2) is 0 Å². The van der Waals surface area contributed by atoms with Gasteiger partial charge in [-0.3, -0.25) is 0 Å². The summed E-state index contributed by atoms with van der Waals surface area (Å²) in [5, 5.41) is 3.46. The van der Waals surface area contributed by atoms with Crippen molar-refractivity contribution in [2.24, 2.45) is 4.99 Å². The van der Waals surface area contributed by atoms with Gasteiger partial charge in [0.25, 0.3) is 0 Å². The second kappa shape index (κ2) is 8.22. The van der Waals surface area contributed by atoms with Crippen LogP contribution in [0, 0.1) is 5.82 Å². The Balaban J connectivity index is 1.57. The number of aliphatic imine (C=N–C) groups is 1. The van der Waals surface area contributed by atoms with Gasteiger partial charge < -0.3 is 9.88 Å². The van der Waals surface area contributed by atoms with Gasteiger partial charge in [-0.25, -0.2) is 19.4 Å². The minimum absolute atomic E-state index is 0.129. The highest BCUT2D eigenvalue weighted by Crippen LogP contribution is 2.38. The zero-order valence-corrected chi connectivity index (χ0v) is 18.7. The number of nitrogens with zero attached hydrogens (tertiary/aromatic N) is 4. The summed E-state index contributed by atoms with van der Waals surface area (Å²) < 4.78 is 19.3. The average Bonchev–Trinajstić information content (AvgIpc) is 3.33. The fraction of sp³-hybridized carbons (Fsp3) is 0.217. The van der Waals surface area contributed by atoms with E-state index in [0.29, 0.717) is 0 Å². The number of allylic oxidation sites excluding steroid dienone is 1. The number of hydrogen-bond acceptors (Lipinski definition) is 4. The Morgan fingerprint density at radius 2 is 2.07 bits per heavy atom. The Morgan fingerprint density at radius 1 is 1.20 bits per heavy atom. The van der Waals surface area contributed by atoms with Gasteiger partial charge in [0, 0.05) is 24.7 Å². The number of halogens is 2. The summed E-state index contributed by atoms with van der Waals surface area (Å²) in [5.41, 5.74) is 3.77. The minimum atomic E-state index is -0.242. The van der Waals surface area contributed by atoms with Gasteiger partial charge in [0.05, 0.1) is 26.8 Å². The molecule has 1 unspecified atom stereocenters. The number of hydrogen-bond donors (Lipinski definition) is 1. The lowest BCUT2D eigenvalue weighted by Gasteiger charge is -2.19. The largest absolute Gasteiger partial charge is 0.368 e. The van der Waals surface area contributed by atoms with Gasteiger partial charge in [-0.05, 0) is 59.8 Å². The fourth-order valence-electron chi connectivity index (χ4n) is 3.95. The number of rotatable bonds is 5. The lowest BCUT2D eigenvalue weighted by molar-refractivity contribution is 0.549. The van der Waals surface area contributed by atoms with Crippen LogP contribution in [-0.2, 0) is 6.42 Å². The monoisotopic (exact) mass is 513 g/mol. The molecule has 0 amide bonds. The maximum Gasteiger partial charge on any atom is 0.125 e. The molecule has 1 aromatic carbocycles. The van der Waals surface area contributed by atoms with Crippen molar-refractivity contribution < 1.29 is 4.39 Å². The van der Waals surface area contributed by atoms with E-state index in [1.807, 2.05) is 18.2 Å². The van der Waals surface area contributed by atoms with Crippen LogP contribution in [0.15, 0.2) is 59.7 Å². The van der Waals surface area contributed by atoms with E-state index in [1.54, 1.807) is 18.3 Å². The summed E-state index contributed by atoms with van der Waals surface area (Å²) in [6.45, 7) is 2.86. The third kappa shape index (κ3) is 3.74. The molecule has 5 rings (SSSR count). The average molecular weight is 513 g/mol. The molecule has 4 heterocycles. The van der Waals surface area contributed by atoms with Crippen LogP contribution in [0.3, 0.4) is 0 Å². The van der Waals surface area contributed by atoms with Crippen LogP contribution in [0.5, 0.6) is 0 Å². The molecule has 0 saturated heterocycles. The van der Waals surface area contributed by atoms with Gasteiger partial charge in [-0.2, -0.15) is 0 Å². The molecule has 1 N–H and O–H groups in total. The van der Waals surface area contributed by atoms with Gasteiger partial charge in [-0.15, -0.1) is 0 Å². The lowest BCUT2D eigenvalue weighted by Crippen LogP contribution is -2.18. The van der Waals surface area contributed by atoms with Crippen LogP contribution in [0.4, 0.5) is 10.2 Å². The van der Waals surface area contributed by atoms with E-state index in [1.165, 1.54) is 15.9 Å². The molecule has 1 atom stereocenters. The van der Waals surface area contributed by atoms with Crippen molar-refractivity contribution in [1.29, 1.82) is 0 Å². The van der Waals surface area contributed by atoms with Crippen molar-refractivity contribution in [3.8, 4) is 11.3 Å². The number of benzene rings is 1. The highest BCUT2D eigenvalue weighted by Gasteiger charge is 2.31. The van der Waals surface area contributed by atoms with Crippen LogP contribution in [0.1, 0.15) is 30.9 Å². The van der Waals surface area contributed by atoms with E-state index in [0.717, 1.165) is 53.7 Å².